The topological polar surface area (TPSA) is 39.9 Å². The average molecular weight is 301 g/mol. The fraction of sp³-hybridized carbons (Fsp3) is 0.111. The third kappa shape index (κ3) is 1.87. The third-order valence-electron chi connectivity index (χ3n) is 1.74. The van der Waals surface area contributed by atoms with Gasteiger partial charge in [0.15, 0.2) is 0 Å². The van der Waals surface area contributed by atoms with Crippen molar-refractivity contribution in [3.05, 3.63) is 34.3 Å². The van der Waals surface area contributed by atoms with Crippen LogP contribution in [0.25, 0.3) is 5.69 Å². The van der Waals surface area contributed by atoms with E-state index in [0.29, 0.717) is 5.88 Å². The number of pyridine rings is 1. The quantitative estimate of drug-likeness (QED) is 0.795. The van der Waals surface area contributed by atoms with E-state index in [1.807, 2.05) is 18.3 Å². The standard InChI is InChI=1S/C9H8IN3O/c1-14-9-4-8(2-3-11-9)13-6-7(10)5-12-13/h2-6H,1H3. The summed E-state index contributed by atoms with van der Waals surface area (Å²) in [5.74, 6) is 0.591. The molecule has 0 aliphatic carbocycles. The second-order valence-corrected chi connectivity index (χ2v) is 3.91. The molecular weight excluding hydrogens is 293 g/mol. The van der Waals surface area contributed by atoms with Gasteiger partial charge in [-0.15, -0.1) is 0 Å². The number of methoxy groups -OCH3 is 1. The molecular formula is C9H8IN3O. The SMILES string of the molecule is COc1cc(-n2cc(I)cn2)ccn1. The van der Waals surface area contributed by atoms with E-state index in [1.54, 1.807) is 24.2 Å². The second-order valence-electron chi connectivity index (χ2n) is 2.66. The first-order valence-electron chi connectivity index (χ1n) is 4.00. The minimum Gasteiger partial charge on any atom is -0.481 e. The van der Waals surface area contributed by atoms with Crippen LogP contribution in [0.4, 0.5) is 0 Å². The van der Waals surface area contributed by atoms with Gasteiger partial charge < -0.3 is 4.74 Å². The van der Waals surface area contributed by atoms with E-state index in [0.717, 1.165) is 9.26 Å². The molecule has 0 saturated heterocycles. The molecule has 0 atom stereocenters. The number of hydrogen-bond donors (Lipinski definition) is 0. The van der Waals surface area contributed by atoms with Crippen LogP contribution in [0.3, 0.4) is 0 Å². The van der Waals surface area contributed by atoms with Gasteiger partial charge in [-0.1, -0.05) is 0 Å². The van der Waals surface area contributed by atoms with E-state index in [4.69, 9.17) is 4.74 Å². The monoisotopic (exact) mass is 301 g/mol. The summed E-state index contributed by atoms with van der Waals surface area (Å²) in [7, 11) is 1.60. The molecule has 0 spiro atoms. The summed E-state index contributed by atoms with van der Waals surface area (Å²) in [4.78, 5) is 4.02. The van der Waals surface area contributed by atoms with Gasteiger partial charge in [-0.2, -0.15) is 5.10 Å². The van der Waals surface area contributed by atoms with Crippen LogP contribution in [-0.4, -0.2) is 21.9 Å². The minimum absolute atomic E-state index is 0.591. The Morgan fingerprint density at radius 1 is 1.50 bits per heavy atom. The molecule has 0 bridgehead atoms. The van der Waals surface area contributed by atoms with E-state index < -0.39 is 0 Å². The maximum atomic E-state index is 5.03. The smallest absolute Gasteiger partial charge is 0.215 e. The lowest BCUT2D eigenvalue weighted by Crippen LogP contribution is -1.96. The summed E-state index contributed by atoms with van der Waals surface area (Å²) in [5.41, 5.74) is 0.944. The van der Waals surface area contributed by atoms with Gasteiger partial charge in [-0.3, -0.25) is 0 Å². The molecule has 4 nitrogen and oxygen atoms in total. The highest BCUT2D eigenvalue weighted by Crippen LogP contribution is 2.13. The summed E-state index contributed by atoms with van der Waals surface area (Å²) in [6, 6.07) is 3.72. The van der Waals surface area contributed by atoms with Crippen molar-refractivity contribution >= 4 is 22.6 Å². The van der Waals surface area contributed by atoms with Gasteiger partial charge in [-0.05, 0) is 28.7 Å². The van der Waals surface area contributed by atoms with Crippen LogP contribution in [0.1, 0.15) is 0 Å². The number of nitrogens with zero attached hydrogens (tertiary/aromatic N) is 3. The molecule has 0 fully saturated rings. The summed E-state index contributed by atoms with van der Waals surface area (Å²) < 4.78 is 7.91. The predicted octanol–water partition coefficient (Wildman–Crippen LogP) is 1.88. The van der Waals surface area contributed by atoms with Gasteiger partial charge in [0.2, 0.25) is 5.88 Å². The lowest BCUT2D eigenvalue weighted by Gasteiger charge is -2.02. The zero-order valence-corrected chi connectivity index (χ0v) is 9.67. The molecule has 0 radical (unpaired) electrons. The summed E-state index contributed by atoms with van der Waals surface area (Å²) in [6.45, 7) is 0. The number of hydrogen-bond acceptors (Lipinski definition) is 3. The molecule has 2 heterocycles. The molecule has 2 rings (SSSR count). The Hall–Kier alpha value is -1.11. The predicted molar refractivity (Wildman–Crippen MR) is 60.6 cm³/mol. The average Bonchev–Trinajstić information content (AvgIpc) is 2.65. The maximum Gasteiger partial charge on any atom is 0.215 e. The van der Waals surface area contributed by atoms with Crippen molar-refractivity contribution in [3.8, 4) is 11.6 Å². The molecule has 0 unspecified atom stereocenters. The lowest BCUT2D eigenvalue weighted by molar-refractivity contribution is 0.397. The number of ether oxygens (including phenoxy) is 1. The van der Waals surface area contributed by atoms with Gasteiger partial charge in [0.25, 0.3) is 0 Å². The van der Waals surface area contributed by atoms with Crippen LogP contribution >= 0.6 is 22.6 Å². The molecule has 0 saturated carbocycles. The Kier molecular flexibility index (Phi) is 2.67. The van der Waals surface area contributed by atoms with Gasteiger partial charge in [0.05, 0.1) is 22.6 Å². The molecule has 5 heteroatoms. The first-order valence-corrected chi connectivity index (χ1v) is 5.08. The molecule has 0 aliphatic heterocycles. The van der Waals surface area contributed by atoms with Crippen molar-refractivity contribution in [3.63, 3.8) is 0 Å². The molecule has 72 valence electrons. The summed E-state index contributed by atoms with van der Waals surface area (Å²) in [5, 5.41) is 4.19. The van der Waals surface area contributed by atoms with Crippen LogP contribution < -0.4 is 4.74 Å². The highest BCUT2D eigenvalue weighted by molar-refractivity contribution is 14.1. The van der Waals surface area contributed by atoms with Crippen molar-refractivity contribution in [2.24, 2.45) is 0 Å². The first kappa shape index (κ1) is 9.45. The Morgan fingerprint density at radius 2 is 2.36 bits per heavy atom. The summed E-state index contributed by atoms with van der Waals surface area (Å²) >= 11 is 2.22. The fourth-order valence-corrected chi connectivity index (χ4v) is 1.48. The Morgan fingerprint density at radius 3 is 3.00 bits per heavy atom. The van der Waals surface area contributed by atoms with Crippen LogP contribution in [0.15, 0.2) is 30.7 Å². The summed E-state index contributed by atoms with van der Waals surface area (Å²) in [6.07, 6.45) is 5.44. The van der Waals surface area contributed by atoms with Crippen molar-refractivity contribution < 1.29 is 4.74 Å². The number of rotatable bonds is 2. The second kappa shape index (κ2) is 3.95. The third-order valence-corrected chi connectivity index (χ3v) is 2.30. The van der Waals surface area contributed by atoms with Crippen molar-refractivity contribution in [1.29, 1.82) is 0 Å². The van der Waals surface area contributed by atoms with Crippen LogP contribution in [-0.2, 0) is 0 Å². The Bertz CT molecular complexity index is 441. The van der Waals surface area contributed by atoms with Crippen molar-refractivity contribution in [2.75, 3.05) is 7.11 Å². The van der Waals surface area contributed by atoms with E-state index in [-0.39, 0.29) is 0 Å². The molecule has 0 aliphatic rings. The highest BCUT2D eigenvalue weighted by Gasteiger charge is 2.00. The number of halogens is 1. The van der Waals surface area contributed by atoms with Gasteiger partial charge in [0.1, 0.15) is 0 Å². The van der Waals surface area contributed by atoms with Crippen molar-refractivity contribution in [1.82, 2.24) is 14.8 Å². The van der Waals surface area contributed by atoms with Crippen molar-refractivity contribution in [2.45, 2.75) is 0 Å². The van der Waals surface area contributed by atoms with E-state index in [2.05, 4.69) is 32.7 Å². The zero-order valence-electron chi connectivity index (χ0n) is 7.51. The first-order chi connectivity index (χ1) is 6.79. The maximum absolute atomic E-state index is 5.03. The van der Waals surface area contributed by atoms with Crippen LogP contribution in [0, 0.1) is 3.57 Å². The molecule has 0 aromatic carbocycles. The van der Waals surface area contributed by atoms with E-state index in [9.17, 15) is 0 Å². The Labute approximate surface area is 95.1 Å². The largest absolute Gasteiger partial charge is 0.481 e. The van der Waals surface area contributed by atoms with E-state index in [1.165, 1.54) is 0 Å². The van der Waals surface area contributed by atoms with Crippen LogP contribution in [0.5, 0.6) is 5.88 Å². The molecule has 0 N–H and O–H groups in total. The lowest BCUT2D eigenvalue weighted by atomic mass is 10.4. The van der Waals surface area contributed by atoms with E-state index >= 15 is 0 Å². The molecule has 14 heavy (non-hydrogen) atoms. The van der Waals surface area contributed by atoms with Gasteiger partial charge >= 0.3 is 0 Å². The zero-order chi connectivity index (χ0) is 9.97. The Balaban J connectivity index is 2.41. The number of aromatic nitrogens is 3. The molecule has 0 amide bonds. The van der Waals surface area contributed by atoms with Gasteiger partial charge in [-0.25, -0.2) is 9.67 Å². The highest BCUT2D eigenvalue weighted by atomic mass is 127. The normalized spacial score (nSPS) is 10.1. The van der Waals surface area contributed by atoms with Gasteiger partial charge in [0, 0.05) is 18.5 Å². The molecule has 2 aromatic heterocycles. The minimum atomic E-state index is 0.591. The van der Waals surface area contributed by atoms with Crippen LogP contribution in [0.2, 0.25) is 0 Å². The molecule has 2 aromatic rings. The fourth-order valence-electron chi connectivity index (χ4n) is 1.10.